The van der Waals surface area contributed by atoms with Gasteiger partial charge in [0.15, 0.2) is 0 Å². The molecule has 1 unspecified atom stereocenters. The monoisotopic (exact) mass is 440 g/mol. The van der Waals surface area contributed by atoms with Crippen molar-refractivity contribution >= 4 is 7.82 Å². The van der Waals surface area contributed by atoms with Crippen LogP contribution in [0, 0.1) is 24.2 Å². The number of phosphoric acid groups is 1. The number of nitrogens with one attached hydrogen (secondary N) is 1. The van der Waals surface area contributed by atoms with Gasteiger partial charge in [0.25, 0.3) is 5.56 Å². The molecule has 2 heterocycles. The van der Waals surface area contributed by atoms with Gasteiger partial charge in [-0.1, -0.05) is 11.8 Å². The number of nitrogens with zero attached hydrogens (tertiary/aromatic N) is 1. The Bertz CT molecular complexity index is 983. The minimum Gasteiger partial charge on any atom is -0.382 e. The molecule has 0 aromatic carbocycles. The third kappa shape index (κ3) is 6.68. The maximum Gasteiger partial charge on any atom is 0.472 e. The van der Waals surface area contributed by atoms with Gasteiger partial charge in [0, 0.05) is 39.7 Å². The molecule has 1 aliphatic rings. The summed E-state index contributed by atoms with van der Waals surface area (Å²) in [5.74, 6) is 8.19. The van der Waals surface area contributed by atoms with Gasteiger partial charge in [-0.3, -0.25) is 23.4 Å². The summed E-state index contributed by atoms with van der Waals surface area (Å²) < 4.78 is 33.4. The fourth-order valence-corrected chi connectivity index (χ4v) is 3.55. The molecular weight excluding hydrogens is 415 g/mol. The van der Waals surface area contributed by atoms with E-state index in [1.165, 1.54) is 17.9 Å². The highest BCUT2D eigenvalue weighted by atomic mass is 31.2. The molecule has 1 fully saturated rings. The van der Waals surface area contributed by atoms with E-state index in [2.05, 4.69) is 27.3 Å². The second-order valence-electron chi connectivity index (χ2n) is 6.54. The Morgan fingerprint density at radius 3 is 2.77 bits per heavy atom. The maximum atomic E-state index is 12.3. The van der Waals surface area contributed by atoms with Crippen LogP contribution in [0.2, 0.25) is 0 Å². The fourth-order valence-electron chi connectivity index (χ4n) is 2.90. The molecule has 2 rings (SSSR count). The number of phosphoric ester groups is 1. The summed E-state index contributed by atoms with van der Waals surface area (Å²) in [6.45, 7) is 0.0628. The Balaban J connectivity index is 2.21. The Kier molecular flexibility index (Phi) is 9.07. The number of terminal acetylenes is 1. The summed E-state index contributed by atoms with van der Waals surface area (Å²) in [5.41, 5.74) is -1.20. The lowest BCUT2D eigenvalue weighted by Gasteiger charge is -2.19. The van der Waals surface area contributed by atoms with Crippen molar-refractivity contribution in [2.24, 2.45) is 0 Å². The van der Waals surface area contributed by atoms with Crippen LogP contribution in [-0.2, 0) is 23.1 Å². The molecule has 0 radical (unpaired) electrons. The molecule has 1 aromatic rings. The van der Waals surface area contributed by atoms with Crippen molar-refractivity contribution in [3.63, 3.8) is 0 Å². The van der Waals surface area contributed by atoms with E-state index in [0.29, 0.717) is 12.8 Å². The van der Waals surface area contributed by atoms with E-state index >= 15 is 0 Å². The Morgan fingerprint density at radius 1 is 1.37 bits per heavy atom. The van der Waals surface area contributed by atoms with E-state index in [1.807, 2.05) is 0 Å². The summed E-state index contributed by atoms with van der Waals surface area (Å²) >= 11 is 0. The van der Waals surface area contributed by atoms with Crippen LogP contribution in [0.3, 0.4) is 0 Å². The minimum absolute atomic E-state index is 0.0623. The largest absolute Gasteiger partial charge is 0.472 e. The molecule has 11 heteroatoms. The van der Waals surface area contributed by atoms with Crippen LogP contribution in [0.15, 0.2) is 15.8 Å². The van der Waals surface area contributed by atoms with Crippen molar-refractivity contribution < 1.29 is 28.0 Å². The lowest BCUT2D eigenvalue weighted by molar-refractivity contribution is -0.0544. The number of unbranched alkanes of at least 4 members (excludes halogenated alkanes) is 3. The van der Waals surface area contributed by atoms with Crippen LogP contribution in [0.1, 0.15) is 43.9 Å². The predicted molar refractivity (Wildman–Crippen MR) is 108 cm³/mol. The van der Waals surface area contributed by atoms with Gasteiger partial charge in [-0.15, -0.1) is 12.3 Å². The molecule has 1 aliphatic heterocycles. The summed E-state index contributed by atoms with van der Waals surface area (Å²) in [6.07, 6.45) is 7.00. The molecule has 0 saturated carbocycles. The lowest BCUT2D eigenvalue weighted by atomic mass is 10.2. The van der Waals surface area contributed by atoms with Gasteiger partial charge in [-0.25, -0.2) is 9.36 Å². The number of aromatic nitrogens is 2. The normalized spacial score (nSPS) is 22.7. The molecule has 4 atom stereocenters. The summed E-state index contributed by atoms with van der Waals surface area (Å²) in [7, 11) is -1.79. The van der Waals surface area contributed by atoms with Gasteiger partial charge < -0.3 is 14.4 Å². The Labute approximate surface area is 174 Å². The van der Waals surface area contributed by atoms with Gasteiger partial charge in [0.2, 0.25) is 0 Å². The SMILES string of the molecule is C#CCCCCC#Cc1cn([C@H]2C[C@@H](OP(=O)(O)OC)[C@@H](COC)O2)c(=O)[nH]c1=O. The van der Waals surface area contributed by atoms with Gasteiger partial charge in [0.1, 0.15) is 24.0 Å². The van der Waals surface area contributed by atoms with Crippen molar-refractivity contribution in [1.29, 1.82) is 0 Å². The molecule has 2 N–H and O–H groups in total. The third-order valence-corrected chi connectivity index (χ3v) is 5.38. The number of aromatic amines is 1. The van der Waals surface area contributed by atoms with Crippen LogP contribution >= 0.6 is 7.82 Å². The first-order valence-electron chi connectivity index (χ1n) is 9.30. The van der Waals surface area contributed by atoms with E-state index in [4.69, 9.17) is 20.4 Å². The highest BCUT2D eigenvalue weighted by Gasteiger charge is 2.41. The topological polar surface area (TPSA) is 129 Å². The minimum atomic E-state index is -4.27. The lowest BCUT2D eigenvalue weighted by Crippen LogP contribution is -2.33. The second kappa shape index (κ2) is 11.3. The van der Waals surface area contributed by atoms with Gasteiger partial charge >= 0.3 is 13.5 Å². The van der Waals surface area contributed by atoms with Crippen molar-refractivity contribution in [2.45, 2.75) is 50.5 Å². The summed E-state index contributed by atoms with van der Waals surface area (Å²) in [4.78, 5) is 36.2. The zero-order valence-corrected chi connectivity index (χ0v) is 17.7. The zero-order chi connectivity index (χ0) is 22.1. The van der Waals surface area contributed by atoms with E-state index < -0.39 is 37.5 Å². The number of hydrogen-bond acceptors (Lipinski definition) is 7. The van der Waals surface area contributed by atoms with Crippen LogP contribution < -0.4 is 11.2 Å². The maximum absolute atomic E-state index is 12.3. The van der Waals surface area contributed by atoms with Crippen molar-refractivity contribution in [2.75, 3.05) is 20.8 Å². The average molecular weight is 440 g/mol. The smallest absolute Gasteiger partial charge is 0.382 e. The second-order valence-corrected chi connectivity index (χ2v) is 8.05. The molecule has 0 spiro atoms. The fraction of sp³-hybridized carbons (Fsp3) is 0.579. The third-order valence-electron chi connectivity index (χ3n) is 4.38. The van der Waals surface area contributed by atoms with Crippen LogP contribution in [0.5, 0.6) is 0 Å². The van der Waals surface area contributed by atoms with Crippen molar-refractivity contribution in [3.05, 3.63) is 32.6 Å². The van der Waals surface area contributed by atoms with Gasteiger partial charge in [-0.05, 0) is 12.8 Å². The molecule has 0 aliphatic carbocycles. The molecule has 10 nitrogen and oxygen atoms in total. The number of H-pyrrole nitrogens is 1. The van der Waals surface area contributed by atoms with Crippen molar-refractivity contribution in [3.8, 4) is 24.2 Å². The van der Waals surface area contributed by atoms with Crippen LogP contribution in [0.4, 0.5) is 0 Å². The van der Waals surface area contributed by atoms with Crippen LogP contribution in [-0.4, -0.2) is 47.5 Å². The molecule has 30 heavy (non-hydrogen) atoms. The standard InChI is InChI=1S/C19H25N2O8P/c1-4-5-6-7-8-9-10-14-12-21(19(23)20-18(14)22)17-11-15(16(28-17)13-26-2)29-30(24,25)27-3/h1,12,15-17H,5-8,11,13H2,2-3H3,(H,24,25)(H,20,22,23)/t15-,16-,17-/m1/s1. The highest BCUT2D eigenvalue weighted by molar-refractivity contribution is 7.47. The highest BCUT2D eigenvalue weighted by Crippen LogP contribution is 2.47. The first-order valence-corrected chi connectivity index (χ1v) is 10.8. The quantitative estimate of drug-likeness (QED) is 0.332. The van der Waals surface area contributed by atoms with Crippen molar-refractivity contribution in [1.82, 2.24) is 9.55 Å². The average Bonchev–Trinajstić information content (AvgIpc) is 3.07. The molecule has 1 saturated heterocycles. The Hall–Kier alpha value is -2.17. The molecule has 164 valence electrons. The zero-order valence-electron chi connectivity index (χ0n) is 16.8. The first-order chi connectivity index (χ1) is 14.3. The van der Waals surface area contributed by atoms with E-state index in [9.17, 15) is 19.0 Å². The van der Waals surface area contributed by atoms with Crippen LogP contribution in [0.25, 0.3) is 0 Å². The Morgan fingerprint density at radius 2 is 2.10 bits per heavy atom. The van der Waals surface area contributed by atoms with E-state index in [-0.39, 0.29) is 18.6 Å². The summed E-state index contributed by atoms with van der Waals surface area (Å²) in [6, 6.07) is 0. The summed E-state index contributed by atoms with van der Waals surface area (Å²) in [5, 5.41) is 0. The molecule has 0 bridgehead atoms. The number of ether oxygens (including phenoxy) is 2. The number of hydrogen-bond donors (Lipinski definition) is 2. The van der Waals surface area contributed by atoms with E-state index in [0.717, 1.165) is 20.0 Å². The van der Waals surface area contributed by atoms with Gasteiger partial charge in [-0.2, -0.15) is 0 Å². The molecule has 1 aromatic heterocycles. The van der Waals surface area contributed by atoms with E-state index in [1.54, 1.807) is 0 Å². The molecular formula is C19H25N2O8P. The molecule has 0 amide bonds. The first kappa shape index (κ1) is 24.1. The van der Waals surface area contributed by atoms with Gasteiger partial charge in [0.05, 0.1) is 6.61 Å². The number of rotatable bonds is 9. The number of methoxy groups -OCH3 is 1. The predicted octanol–water partition coefficient (Wildman–Crippen LogP) is 1.15.